The Labute approximate surface area is 204 Å². The lowest BCUT2D eigenvalue weighted by molar-refractivity contribution is -0.141. The number of aliphatic hydroxyl groups excluding tert-OH is 1. The van der Waals surface area contributed by atoms with Crippen LogP contribution in [0.15, 0.2) is 30.6 Å². The van der Waals surface area contributed by atoms with E-state index in [4.69, 9.17) is 4.74 Å². The van der Waals surface area contributed by atoms with Gasteiger partial charge in [0.05, 0.1) is 17.4 Å². The van der Waals surface area contributed by atoms with Crippen molar-refractivity contribution in [1.82, 2.24) is 20.2 Å². The van der Waals surface area contributed by atoms with Crippen molar-refractivity contribution in [2.45, 2.75) is 57.7 Å². The second-order valence-corrected chi connectivity index (χ2v) is 9.15. The molecule has 0 spiro atoms. The predicted octanol–water partition coefficient (Wildman–Crippen LogP) is 2.85. The summed E-state index contributed by atoms with van der Waals surface area (Å²) in [5.74, 6) is -2.06. The summed E-state index contributed by atoms with van der Waals surface area (Å²) >= 11 is 0. The lowest BCUT2D eigenvalue weighted by Gasteiger charge is -2.28. The SMILES string of the molecule is CC(C)(C)OC(=O)N1CC[C@@H](O)[C@H]1C(=O)NCc1cc(-c2ccc(C(F)(F)F)nc2)ncc1C(=O)O. The predicted molar refractivity (Wildman–Crippen MR) is 119 cm³/mol. The van der Waals surface area contributed by atoms with Crippen LogP contribution in [0.5, 0.6) is 0 Å². The van der Waals surface area contributed by atoms with Crippen LogP contribution in [0.25, 0.3) is 11.3 Å². The number of alkyl halides is 3. The zero-order chi connectivity index (χ0) is 26.8. The molecule has 1 saturated heterocycles. The molecule has 1 aliphatic rings. The molecule has 2 amide bonds. The molecule has 0 unspecified atom stereocenters. The quantitative estimate of drug-likeness (QED) is 0.558. The summed E-state index contributed by atoms with van der Waals surface area (Å²) < 4.78 is 43.6. The maximum absolute atomic E-state index is 12.9. The van der Waals surface area contributed by atoms with Crippen LogP contribution < -0.4 is 5.32 Å². The number of aromatic nitrogens is 2. The topological polar surface area (TPSA) is 142 Å². The van der Waals surface area contributed by atoms with Gasteiger partial charge < -0.3 is 20.3 Å². The van der Waals surface area contributed by atoms with Crippen LogP contribution in [-0.4, -0.2) is 67.3 Å². The number of likely N-dealkylation sites (tertiary alicyclic amines) is 1. The van der Waals surface area contributed by atoms with E-state index in [2.05, 4.69) is 15.3 Å². The van der Waals surface area contributed by atoms with Crippen molar-refractivity contribution in [3.63, 3.8) is 0 Å². The number of hydrogen-bond acceptors (Lipinski definition) is 7. The molecule has 3 N–H and O–H groups in total. The van der Waals surface area contributed by atoms with Crippen molar-refractivity contribution < 1.29 is 42.5 Å². The molecule has 3 rings (SSSR count). The van der Waals surface area contributed by atoms with Gasteiger partial charge in [-0.05, 0) is 51.0 Å². The molecular formula is C23H25F3N4O6. The van der Waals surface area contributed by atoms with Gasteiger partial charge in [-0.25, -0.2) is 9.59 Å². The van der Waals surface area contributed by atoms with Gasteiger partial charge in [0, 0.05) is 31.0 Å². The Kier molecular flexibility index (Phi) is 7.53. The second-order valence-electron chi connectivity index (χ2n) is 9.15. The Hall–Kier alpha value is -3.74. The number of rotatable bonds is 5. The largest absolute Gasteiger partial charge is 0.478 e. The molecule has 1 aliphatic heterocycles. The van der Waals surface area contributed by atoms with Gasteiger partial charge in [-0.1, -0.05) is 0 Å². The number of carbonyl (C=O) groups excluding carboxylic acids is 2. The Bertz CT molecular complexity index is 1150. The minimum absolute atomic E-state index is 0.0921. The normalized spacial score (nSPS) is 18.1. The number of pyridine rings is 2. The molecule has 1 fully saturated rings. The third-order valence-corrected chi connectivity index (χ3v) is 5.29. The lowest BCUT2D eigenvalue weighted by Crippen LogP contribution is -2.51. The van der Waals surface area contributed by atoms with Gasteiger partial charge in [0.2, 0.25) is 5.91 Å². The van der Waals surface area contributed by atoms with Crippen LogP contribution in [-0.2, 0) is 22.3 Å². The summed E-state index contributed by atoms with van der Waals surface area (Å²) in [7, 11) is 0. The minimum atomic E-state index is -4.62. The van der Waals surface area contributed by atoms with E-state index in [-0.39, 0.29) is 41.9 Å². The van der Waals surface area contributed by atoms with Gasteiger partial charge in [0.15, 0.2) is 0 Å². The van der Waals surface area contributed by atoms with Gasteiger partial charge >= 0.3 is 18.2 Å². The summed E-state index contributed by atoms with van der Waals surface area (Å²) in [5.41, 5.74) is -1.70. The molecule has 0 aliphatic carbocycles. The highest BCUT2D eigenvalue weighted by molar-refractivity contribution is 5.90. The van der Waals surface area contributed by atoms with Crippen LogP contribution in [0.4, 0.5) is 18.0 Å². The van der Waals surface area contributed by atoms with Crippen LogP contribution >= 0.6 is 0 Å². The number of nitrogens with one attached hydrogen (secondary N) is 1. The summed E-state index contributed by atoms with van der Waals surface area (Å²) in [6.45, 7) is 4.76. The molecule has 2 aromatic heterocycles. The van der Waals surface area contributed by atoms with Gasteiger partial charge in [0.1, 0.15) is 17.3 Å². The fraction of sp³-hybridized carbons (Fsp3) is 0.435. The third kappa shape index (κ3) is 6.27. The molecule has 0 saturated carbocycles. The van der Waals surface area contributed by atoms with E-state index in [0.29, 0.717) is 0 Å². The Morgan fingerprint density at radius 2 is 1.86 bits per heavy atom. The van der Waals surface area contributed by atoms with E-state index < -0.39 is 47.6 Å². The highest BCUT2D eigenvalue weighted by Crippen LogP contribution is 2.29. The second kappa shape index (κ2) is 10.1. The molecule has 13 heteroatoms. The van der Waals surface area contributed by atoms with E-state index in [1.54, 1.807) is 20.8 Å². The molecule has 0 bridgehead atoms. The molecule has 0 aromatic carbocycles. The number of nitrogens with zero attached hydrogens (tertiary/aromatic N) is 3. The molecular weight excluding hydrogens is 485 g/mol. The number of amides is 2. The monoisotopic (exact) mass is 510 g/mol. The summed E-state index contributed by atoms with van der Waals surface area (Å²) in [6, 6.07) is 1.99. The Morgan fingerprint density at radius 3 is 2.42 bits per heavy atom. The average molecular weight is 510 g/mol. The maximum atomic E-state index is 12.9. The highest BCUT2D eigenvalue weighted by Gasteiger charge is 2.42. The first kappa shape index (κ1) is 26.9. The van der Waals surface area contributed by atoms with Crippen LogP contribution in [0.2, 0.25) is 0 Å². The lowest BCUT2D eigenvalue weighted by atomic mass is 10.1. The summed E-state index contributed by atoms with van der Waals surface area (Å²) in [4.78, 5) is 45.5. The minimum Gasteiger partial charge on any atom is -0.478 e. The van der Waals surface area contributed by atoms with Crippen molar-refractivity contribution in [2.24, 2.45) is 0 Å². The first-order valence-electron chi connectivity index (χ1n) is 10.9. The summed E-state index contributed by atoms with van der Waals surface area (Å²) in [5, 5.41) is 22.3. The molecule has 0 radical (unpaired) electrons. The standard InChI is InChI=1S/C23H25F3N4O6/c1-22(2,3)36-21(35)30-7-6-16(31)18(30)19(32)29-10-13-8-15(27-11-14(13)20(33)34)12-4-5-17(28-9-12)23(24,25)26/h4-5,8-9,11,16,18,31H,6-7,10H2,1-3H3,(H,29,32)(H,33,34)/t16-,18+/m1/s1. The number of halogens is 3. The van der Waals surface area contributed by atoms with E-state index in [0.717, 1.165) is 29.4 Å². The number of hydrogen-bond donors (Lipinski definition) is 3. The zero-order valence-corrected chi connectivity index (χ0v) is 19.7. The molecule has 3 heterocycles. The van der Waals surface area contributed by atoms with Gasteiger partial charge in [-0.15, -0.1) is 0 Å². The summed E-state index contributed by atoms with van der Waals surface area (Å²) in [6.07, 6.45) is -4.41. The first-order chi connectivity index (χ1) is 16.7. The number of carboxylic acids is 1. The Balaban J connectivity index is 1.80. The van der Waals surface area contributed by atoms with Crippen molar-refractivity contribution in [3.8, 4) is 11.3 Å². The Morgan fingerprint density at radius 1 is 1.17 bits per heavy atom. The van der Waals surface area contributed by atoms with Crippen molar-refractivity contribution in [2.75, 3.05) is 6.54 Å². The number of carbonyl (C=O) groups is 3. The van der Waals surface area contributed by atoms with E-state index in [1.807, 2.05) is 0 Å². The van der Waals surface area contributed by atoms with E-state index in [1.165, 1.54) is 6.07 Å². The maximum Gasteiger partial charge on any atom is 0.433 e. The number of aliphatic hydroxyl groups is 1. The number of ether oxygens (including phenoxy) is 1. The smallest absolute Gasteiger partial charge is 0.433 e. The van der Waals surface area contributed by atoms with Crippen molar-refractivity contribution >= 4 is 18.0 Å². The number of aromatic carboxylic acids is 1. The van der Waals surface area contributed by atoms with Gasteiger partial charge in [-0.3, -0.25) is 19.7 Å². The van der Waals surface area contributed by atoms with Crippen molar-refractivity contribution in [3.05, 3.63) is 47.4 Å². The van der Waals surface area contributed by atoms with Crippen LogP contribution in [0.3, 0.4) is 0 Å². The molecule has 194 valence electrons. The number of carboxylic acid groups (broad SMARTS) is 1. The highest BCUT2D eigenvalue weighted by atomic mass is 19.4. The molecule has 2 aromatic rings. The fourth-order valence-corrected chi connectivity index (χ4v) is 3.61. The first-order valence-corrected chi connectivity index (χ1v) is 10.9. The average Bonchev–Trinajstić information content (AvgIpc) is 3.17. The van der Waals surface area contributed by atoms with Gasteiger partial charge in [-0.2, -0.15) is 13.2 Å². The van der Waals surface area contributed by atoms with E-state index >= 15 is 0 Å². The van der Waals surface area contributed by atoms with Crippen LogP contribution in [0, 0.1) is 0 Å². The van der Waals surface area contributed by atoms with Crippen molar-refractivity contribution in [1.29, 1.82) is 0 Å². The van der Waals surface area contributed by atoms with E-state index in [9.17, 15) is 37.8 Å². The van der Waals surface area contributed by atoms with Crippen LogP contribution in [0.1, 0.15) is 48.8 Å². The van der Waals surface area contributed by atoms with Gasteiger partial charge in [0.25, 0.3) is 0 Å². The zero-order valence-electron chi connectivity index (χ0n) is 19.7. The molecule has 2 atom stereocenters. The third-order valence-electron chi connectivity index (χ3n) is 5.29. The fourth-order valence-electron chi connectivity index (χ4n) is 3.61. The molecule has 36 heavy (non-hydrogen) atoms. The molecule has 10 nitrogen and oxygen atoms in total.